The van der Waals surface area contributed by atoms with E-state index in [4.69, 9.17) is 11.6 Å². The summed E-state index contributed by atoms with van der Waals surface area (Å²) in [6.45, 7) is 0.346. The molecule has 1 unspecified atom stereocenters. The zero-order valence-electron chi connectivity index (χ0n) is 16.5. The van der Waals surface area contributed by atoms with Gasteiger partial charge in [-0.3, -0.25) is 9.59 Å². The Balaban J connectivity index is 1.78. The maximum Gasteiger partial charge on any atom is 0.295 e. The quantitative estimate of drug-likeness (QED) is 0.277. The first-order chi connectivity index (χ1) is 15.0. The lowest BCUT2D eigenvalue weighted by atomic mass is 9.95. The number of hydrogen-bond donors (Lipinski definition) is 1. The minimum absolute atomic E-state index is 0.0858. The lowest BCUT2D eigenvalue weighted by molar-refractivity contribution is -0.139. The van der Waals surface area contributed by atoms with Crippen molar-refractivity contribution in [3.8, 4) is 0 Å². The summed E-state index contributed by atoms with van der Waals surface area (Å²) in [5.41, 5.74) is 2.34. The van der Waals surface area contributed by atoms with Crippen molar-refractivity contribution in [3.63, 3.8) is 0 Å². The number of hydrogen-bond acceptors (Lipinski definition) is 3. The van der Waals surface area contributed by atoms with Crippen LogP contribution < -0.4 is 0 Å². The van der Waals surface area contributed by atoms with Crippen molar-refractivity contribution in [1.29, 1.82) is 0 Å². The average molecular weight is 497 g/mol. The summed E-state index contributed by atoms with van der Waals surface area (Å²) in [5.74, 6) is -1.49. The molecule has 1 aliphatic heterocycles. The molecule has 1 saturated heterocycles. The van der Waals surface area contributed by atoms with Gasteiger partial charge in [0, 0.05) is 21.6 Å². The van der Waals surface area contributed by atoms with Gasteiger partial charge in [-0.05, 0) is 41.8 Å². The number of halogens is 2. The van der Waals surface area contributed by atoms with E-state index in [2.05, 4.69) is 15.9 Å². The van der Waals surface area contributed by atoms with Crippen molar-refractivity contribution in [2.24, 2.45) is 0 Å². The molecule has 0 aromatic heterocycles. The largest absolute Gasteiger partial charge is 0.507 e. The number of amides is 1. The molecule has 1 heterocycles. The summed E-state index contributed by atoms with van der Waals surface area (Å²) in [6, 6.07) is 23.0. The van der Waals surface area contributed by atoms with E-state index in [1.54, 1.807) is 48.5 Å². The molecule has 0 spiro atoms. The van der Waals surface area contributed by atoms with Crippen LogP contribution in [0.5, 0.6) is 0 Å². The maximum absolute atomic E-state index is 13.0. The van der Waals surface area contributed by atoms with E-state index in [0.717, 1.165) is 15.6 Å². The second-order valence-corrected chi connectivity index (χ2v) is 8.64. The van der Waals surface area contributed by atoms with E-state index in [1.807, 2.05) is 30.3 Å². The monoisotopic (exact) mass is 495 g/mol. The normalized spacial score (nSPS) is 17.9. The fraction of sp³-hybridized carbons (Fsp3) is 0.120. The SMILES string of the molecule is O=C1C(=O)N(CCc2ccccc2)C(c2ccc(Cl)cc2)/C1=C(\O)c1ccc(Br)cc1. The molecular weight excluding hydrogens is 478 g/mol. The van der Waals surface area contributed by atoms with E-state index in [0.29, 0.717) is 23.6 Å². The van der Waals surface area contributed by atoms with Gasteiger partial charge in [0.25, 0.3) is 11.7 Å². The number of rotatable bonds is 5. The molecule has 156 valence electrons. The topological polar surface area (TPSA) is 57.6 Å². The van der Waals surface area contributed by atoms with Crippen molar-refractivity contribution in [2.45, 2.75) is 12.5 Å². The highest BCUT2D eigenvalue weighted by Gasteiger charge is 2.45. The van der Waals surface area contributed by atoms with Gasteiger partial charge in [-0.2, -0.15) is 0 Å². The van der Waals surface area contributed by atoms with Crippen molar-refractivity contribution in [1.82, 2.24) is 4.90 Å². The van der Waals surface area contributed by atoms with Gasteiger partial charge in [0.05, 0.1) is 11.6 Å². The number of carbonyl (C=O) groups excluding carboxylic acids is 2. The molecule has 31 heavy (non-hydrogen) atoms. The molecule has 4 nitrogen and oxygen atoms in total. The molecule has 1 aliphatic rings. The predicted molar refractivity (Wildman–Crippen MR) is 125 cm³/mol. The number of benzene rings is 3. The van der Waals surface area contributed by atoms with E-state index in [1.165, 1.54) is 4.90 Å². The van der Waals surface area contributed by atoms with Crippen LogP contribution in [0.2, 0.25) is 5.02 Å². The molecule has 4 rings (SSSR count). The summed E-state index contributed by atoms with van der Waals surface area (Å²) >= 11 is 9.42. The lowest BCUT2D eigenvalue weighted by Gasteiger charge is -2.25. The van der Waals surface area contributed by atoms with Crippen molar-refractivity contribution in [2.75, 3.05) is 6.54 Å². The molecule has 6 heteroatoms. The number of Topliss-reactive ketones (excluding diaryl/α,β-unsaturated/α-hetero) is 1. The molecule has 1 fully saturated rings. The van der Waals surface area contributed by atoms with E-state index >= 15 is 0 Å². The first-order valence-electron chi connectivity index (χ1n) is 9.79. The molecule has 1 atom stereocenters. The summed E-state index contributed by atoms with van der Waals surface area (Å²) < 4.78 is 0.849. The van der Waals surface area contributed by atoms with Crippen LogP contribution in [0, 0.1) is 0 Å². The van der Waals surface area contributed by atoms with E-state index in [-0.39, 0.29) is 11.3 Å². The Morgan fingerprint density at radius 1 is 0.935 bits per heavy atom. The molecule has 3 aromatic rings. The zero-order chi connectivity index (χ0) is 22.0. The second-order valence-electron chi connectivity index (χ2n) is 7.29. The van der Waals surface area contributed by atoms with E-state index < -0.39 is 17.7 Å². The number of aliphatic hydroxyl groups excluding tert-OH is 1. The third-order valence-electron chi connectivity index (χ3n) is 5.33. The molecule has 0 bridgehead atoms. The van der Waals surface area contributed by atoms with Crippen molar-refractivity contribution < 1.29 is 14.7 Å². The van der Waals surface area contributed by atoms with Crippen LogP contribution in [0.4, 0.5) is 0 Å². The van der Waals surface area contributed by atoms with Gasteiger partial charge >= 0.3 is 0 Å². The Morgan fingerprint density at radius 2 is 1.58 bits per heavy atom. The van der Waals surface area contributed by atoms with Crippen molar-refractivity contribution in [3.05, 3.63) is 111 Å². The fourth-order valence-corrected chi connectivity index (χ4v) is 4.15. The van der Waals surface area contributed by atoms with Gasteiger partial charge in [0.1, 0.15) is 5.76 Å². The number of ketones is 1. The molecule has 3 aromatic carbocycles. The van der Waals surface area contributed by atoms with Gasteiger partial charge in [-0.25, -0.2) is 0 Å². The first-order valence-corrected chi connectivity index (χ1v) is 11.0. The van der Waals surface area contributed by atoms with Gasteiger partial charge in [-0.1, -0.05) is 82.1 Å². The molecule has 1 N–H and O–H groups in total. The first kappa shape index (κ1) is 21.3. The summed E-state index contributed by atoms with van der Waals surface area (Å²) in [5, 5.41) is 11.6. The highest BCUT2D eigenvalue weighted by atomic mass is 79.9. The maximum atomic E-state index is 13.0. The molecule has 0 radical (unpaired) electrons. The summed E-state index contributed by atoms with van der Waals surface area (Å²) in [4.78, 5) is 27.5. The highest BCUT2D eigenvalue weighted by Crippen LogP contribution is 2.39. The van der Waals surface area contributed by atoms with Crippen LogP contribution in [0.1, 0.15) is 22.7 Å². The van der Waals surface area contributed by atoms with Gasteiger partial charge < -0.3 is 10.0 Å². The Kier molecular flexibility index (Phi) is 6.25. The Labute approximate surface area is 193 Å². The van der Waals surface area contributed by atoms with E-state index in [9.17, 15) is 14.7 Å². The molecule has 0 aliphatic carbocycles. The third-order valence-corrected chi connectivity index (χ3v) is 6.11. The van der Waals surface area contributed by atoms with Crippen molar-refractivity contribution >= 4 is 45.0 Å². The number of aliphatic hydroxyl groups is 1. The summed E-state index contributed by atoms with van der Waals surface area (Å²) in [6.07, 6.45) is 0.594. The lowest BCUT2D eigenvalue weighted by Crippen LogP contribution is -2.31. The highest BCUT2D eigenvalue weighted by molar-refractivity contribution is 9.10. The number of nitrogens with zero attached hydrogens (tertiary/aromatic N) is 1. The smallest absolute Gasteiger partial charge is 0.295 e. The average Bonchev–Trinajstić information content (AvgIpc) is 3.04. The van der Waals surface area contributed by atoms with Crippen LogP contribution in [0.25, 0.3) is 5.76 Å². The Hall–Kier alpha value is -2.89. The summed E-state index contributed by atoms with van der Waals surface area (Å²) in [7, 11) is 0. The minimum Gasteiger partial charge on any atom is -0.507 e. The zero-order valence-corrected chi connectivity index (χ0v) is 18.8. The van der Waals surface area contributed by atoms with Gasteiger partial charge in [0.15, 0.2) is 0 Å². The van der Waals surface area contributed by atoms with Crippen LogP contribution in [-0.4, -0.2) is 28.2 Å². The molecule has 1 amide bonds. The fourth-order valence-electron chi connectivity index (χ4n) is 3.76. The minimum atomic E-state index is -0.690. The second kappa shape index (κ2) is 9.08. The van der Waals surface area contributed by atoms with Gasteiger partial charge in [0.2, 0.25) is 0 Å². The van der Waals surface area contributed by atoms with Crippen LogP contribution in [0.15, 0.2) is 88.9 Å². The molecular formula is C25H19BrClNO3. The predicted octanol–water partition coefficient (Wildman–Crippen LogP) is 5.77. The standard InChI is InChI=1S/C25H19BrClNO3/c26-19-10-6-18(7-11-19)23(29)21-22(17-8-12-20(27)13-9-17)28(25(31)24(21)30)15-14-16-4-2-1-3-5-16/h1-13,22,29H,14-15H2/b23-21+. The number of likely N-dealkylation sites (tertiary alicyclic amines) is 1. The van der Waals surface area contributed by atoms with Crippen LogP contribution in [-0.2, 0) is 16.0 Å². The Morgan fingerprint density at radius 3 is 2.23 bits per heavy atom. The number of carbonyl (C=O) groups is 2. The van der Waals surface area contributed by atoms with Crippen LogP contribution in [0.3, 0.4) is 0 Å². The molecule has 0 saturated carbocycles. The van der Waals surface area contributed by atoms with Crippen LogP contribution >= 0.6 is 27.5 Å². The third kappa shape index (κ3) is 4.43. The van der Waals surface area contributed by atoms with Gasteiger partial charge in [-0.15, -0.1) is 0 Å². The Bertz CT molecular complexity index is 1140.